The molecule has 0 atom stereocenters. The van der Waals surface area contributed by atoms with Crippen molar-refractivity contribution in [1.29, 1.82) is 0 Å². The van der Waals surface area contributed by atoms with E-state index in [4.69, 9.17) is 11.6 Å². The number of nitrogens with zero attached hydrogens (tertiary/aromatic N) is 2. The molecule has 0 fully saturated rings. The van der Waals surface area contributed by atoms with Crippen LogP contribution in [0, 0.1) is 12.7 Å². The monoisotopic (exact) mass is 373 g/mol. The number of hydrogen-bond donors (Lipinski definition) is 1. The van der Waals surface area contributed by atoms with E-state index in [1.807, 2.05) is 31.2 Å². The summed E-state index contributed by atoms with van der Waals surface area (Å²) < 4.78 is 12.9. The minimum Gasteiger partial charge on any atom is -0.320 e. The van der Waals surface area contributed by atoms with Crippen LogP contribution in [0.3, 0.4) is 0 Å². The van der Waals surface area contributed by atoms with Gasteiger partial charge in [-0.15, -0.1) is 10.2 Å². The van der Waals surface area contributed by atoms with Crippen LogP contribution >= 0.6 is 22.9 Å². The van der Waals surface area contributed by atoms with Crippen LogP contribution in [0.4, 0.5) is 10.1 Å². The molecule has 126 valence electrons. The van der Waals surface area contributed by atoms with Crippen LogP contribution in [-0.4, -0.2) is 16.1 Å². The van der Waals surface area contributed by atoms with Crippen molar-refractivity contribution in [3.05, 3.63) is 75.5 Å². The largest absolute Gasteiger partial charge is 0.320 e. The third kappa shape index (κ3) is 4.49. The van der Waals surface area contributed by atoms with E-state index in [2.05, 4.69) is 15.5 Å². The molecule has 0 spiro atoms. The maximum Gasteiger partial charge on any atom is 0.286 e. The van der Waals surface area contributed by atoms with Gasteiger partial charge in [-0.2, -0.15) is 0 Å². The number of benzene rings is 2. The van der Waals surface area contributed by atoms with Gasteiger partial charge in [0.2, 0.25) is 5.01 Å². The fourth-order valence-corrected chi connectivity index (χ4v) is 2.93. The maximum absolute atomic E-state index is 12.9. The van der Waals surface area contributed by atoms with Gasteiger partial charge >= 0.3 is 0 Å². The number of anilines is 1. The van der Waals surface area contributed by atoms with Crippen LogP contribution < -0.4 is 5.32 Å². The molecular formula is C18H13ClFN3OS. The summed E-state index contributed by atoms with van der Waals surface area (Å²) in [5.41, 5.74) is 2.57. The number of carbonyl (C=O) groups is 1. The summed E-state index contributed by atoms with van der Waals surface area (Å²) in [7, 11) is 0. The van der Waals surface area contributed by atoms with E-state index in [1.165, 1.54) is 24.3 Å². The van der Waals surface area contributed by atoms with Gasteiger partial charge in [-0.25, -0.2) is 4.39 Å². The molecule has 0 radical (unpaired) electrons. The zero-order chi connectivity index (χ0) is 17.8. The second kappa shape index (κ2) is 7.55. The molecule has 1 amide bonds. The SMILES string of the molecule is Cc1ccc(/C=C(/Cl)c2nnc(C(=O)Nc3ccc(F)cc3)s2)cc1. The molecule has 25 heavy (non-hydrogen) atoms. The Morgan fingerprint density at radius 2 is 1.72 bits per heavy atom. The number of halogens is 2. The van der Waals surface area contributed by atoms with Crippen LogP contribution in [0.2, 0.25) is 0 Å². The zero-order valence-corrected chi connectivity index (χ0v) is 14.7. The van der Waals surface area contributed by atoms with Gasteiger partial charge in [0.15, 0.2) is 5.01 Å². The van der Waals surface area contributed by atoms with Crippen LogP contribution in [0.1, 0.15) is 25.9 Å². The number of nitrogens with one attached hydrogen (secondary N) is 1. The van der Waals surface area contributed by atoms with Crippen LogP contribution in [0.15, 0.2) is 48.5 Å². The van der Waals surface area contributed by atoms with Crippen molar-refractivity contribution >= 4 is 45.6 Å². The van der Waals surface area contributed by atoms with Gasteiger partial charge in [-0.3, -0.25) is 4.79 Å². The molecule has 2 aromatic carbocycles. The number of aryl methyl sites for hydroxylation is 1. The van der Waals surface area contributed by atoms with Gasteiger partial charge in [-0.1, -0.05) is 52.8 Å². The molecular weight excluding hydrogens is 361 g/mol. The third-order valence-corrected chi connectivity index (χ3v) is 4.65. The Morgan fingerprint density at radius 3 is 2.40 bits per heavy atom. The second-order valence-corrected chi connectivity index (χ2v) is 6.66. The lowest BCUT2D eigenvalue weighted by molar-refractivity contribution is 0.102. The first-order valence-electron chi connectivity index (χ1n) is 7.36. The van der Waals surface area contributed by atoms with E-state index in [-0.39, 0.29) is 10.8 Å². The Morgan fingerprint density at radius 1 is 1.08 bits per heavy atom. The van der Waals surface area contributed by atoms with E-state index >= 15 is 0 Å². The number of hydrogen-bond acceptors (Lipinski definition) is 4. The highest BCUT2D eigenvalue weighted by Crippen LogP contribution is 2.25. The molecule has 0 aliphatic rings. The Hall–Kier alpha value is -2.57. The number of amides is 1. The number of rotatable bonds is 4. The molecule has 1 heterocycles. The van der Waals surface area contributed by atoms with E-state index in [0.29, 0.717) is 15.7 Å². The minimum atomic E-state index is -0.421. The number of carbonyl (C=O) groups excluding carboxylic acids is 1. The first-order valence-corrected chi connectivity index (χ1v) is 8.55. The fourth-order valence-electron chi connectivity index (χ4n) is 2.00. The lowest BCUT2D eigenvalue weighted by Gasteiger charge is -2.01. The highest BCUT2D eigenvalue weighted by molar-refractivity contribution is 7.15. The Kier molecular flexibility index (Phi) is 5.21. The lowest BCUT2D eigenvalue weighted by atomic mass is 10.1. The predicted molar refractivity (Wildman–Crippen MR) is 99.2 cm³/mol. The Balaban J connectivity index is 1.73. The average molecular weight is 374 g/mol. The smallest absolute Gasteiger partial charge is 0.286 e. The normalized spacial score (nSPS) is 11.4. The molecule has 4 nitrogen and oxygen atoms in total. The molecule has 3 aromatic rings. The molecule has 0 saturated carbocycles. The molecule has 1 N–H and O–H groups in total. The highest BCUT2D eigenvalue weighted by Gasteiger charge is 2.14. The second-order valence-electron chi connectivity index (χ2n) is 5.28. The standard InChI is InChI=1S/C18H13ClFN3OS/c1-11-2-4-12(5-3-11)10-15(19)17-22-23-18(25-17)16(24)21-14-8-6-13(20)7-9-14/h2-10H,1H3,(H,21,24)/b15-10+. The summed E-state index contributed by atoms with van der Waals surface area (Å²) in [6.45, 7) is 2.01. The Bertz CT molecular complexity index is 920. The van der Waals surface area contributed by atoms with Crippen molar-refractivity contribution in [2.75, 3.05) is 5.32 Å². The van der Waals surface area contributed by atoms with Crippen LogP contribution in [0.5, 0.6) is 0 Å². The molecule has 7 heteroatoms. The Labute approximate surface area is 153 Å². The van der Waals surface area contributed by atoms with Crippen molar-refractivity contribution in [3.63, 3.8) is 0 Å². The topological polar surface area (TPSA) is 54.9 Å². The summed E-state index contributed by atoms with van der Waals surface area (Å²) in [6.07, 6.45) is 1.77. The van der Waals surface area contributed by atoms with E-state index in [1.54, 1.807) is 6.08 Å². The molecule has 1 aromatic heterocycles. The quantitative estimate of drug-likeness (QED) is 0.702. The molecule has 0 unspecified atom stereocenters. The van der Waals surface area contributed by atoms with Gasteiger partial charge in [-0.05, 0) is 42.8 Å². The maximum atomic E-state index is 12.9. The van der Waals surface area contributed by atoms with Crippen molar-refractivity contribution in [2.24, 2.45) is 0 Å². The average Bonchev–Trinajstić information content (AvgIpc) is 3.09. The first-order chi connectivity index (χ1) is 12.0. The van der Waals surface area contributed by atoms with Crippen molar-refractivity contribution in [2.45, 2.75) is 6.92 Å². The van der Waals surface area contributed by atoms with Gasteiger partial charge in [0, 0.05) is 5.69 Å². The zero-order valence-electron chi connectivity index (χ0n) is 13.2. The summed E-state index contributed by atoms with van der Waals surface area (Å²) in [5, 5.41) is 11.5. The lowest BCUT2D eigenvalue weighted by Crippen LogP contribution is -2.11. The summed E-state index contributed by atoms with van der Waals surface area (Å²) >= 11 is 7.36. The number of aromatic nitrogens is 2. The summed E-state index contributed by atoms with van der Waals surface area (Å²) in [5.74, 6) is -0.792. The minimum absolute atomic E-state index is 0.176. The van der Waals surface area contributed by atoms with Gasteiger partial charge in [0.1, 0.15) is 5.82 Å². The van der Waals surface area contributed by atoms with Crippen molar-refractivity contribution < 1.29 is 9.18 Å². The molecule has 0 saturated heterocycles. The molecule has 0 aliphatic carbocycles. The van der Waals surface area contributed by atoms with Crippen molar-refractivity contribution in [1.82, 2.24) is 10.2 Å². The van der Waals surface area contributed by atoms with E-state index in [9.17, 15) is 9.18 Å². The molecule has 0 bridgehead atoms. The van der Waals surface area contributed by atoms with Gasteiger partial charge < -0.3 is 5.32 Å². The summed E-state index contributed by atoms with van der Waals surface area (Å²) in [4.78, 5) is 12.2. The third-order valence-electron chi connectivity index (χ3n) is 3.30. The fraction of sp³-hybridized carbons (Fsp3) is 0.0556. The van der Waals surface area contributed by atoms with Gasteiger partial charge in [0.05, 0.1) is 5.03 Å². The summed E-state index contributed by atoms with van der Waals surface area (Å²) in [6, 6.07) is 13.3. The van der Waals surface area contributed by atoms with Crippen molar-refractivity contribution in [3.8, 4) is 0 Å². The van der Waals surface area contributed by atoms with E-state index < -0.39 is 5.91 Å². The molecule has 0 aliphatic heterocycles. The van der Waals surface area contributed by atoms with E-state index in [0.717, 1.165) is 22.5 Å². The predicted octanol–water partition coefficient (Wildman–Crippen LogP) is 4.97. The molecule has 3 rings (SSSR count). The van der Waals surface area contributed by atoms with Crippen LogP contribution in [0.25, 0.3) is 11.1 Å². The van der Waals surface area contributed by atoms with Gasteiger partial charge in [0.25, 0.3) is 5.91 Å². The highest BCUT2D eigenvalue weighted by atomic mass is 35.5. The van der Waals surface area contributed by atoms with Crippen LogP contribution in [-0.2, 0) is 0 Å². The first kappa shape index (κ1) is 17.3.